The van der Waals surface area contributed by atoms with Gasteiger partial charge in [-0.15, -0.1) is 0 Å². The molecule has 1 aromatic carbocycles. The predicted molar refractivity (Wildman–Crippen MR) is 64.8 cm³/mol. The van der Waals surface area contributed by atoms with Crippen molar-refractivity contribution in [2.24, 2.45) is 0 Å². The second-order valence-electron chi connectivity index (χ2n) is 4.22. The van der Waals surface area contributed by atoms with Crippen molar-refractivity contribution in [2.45, 2.75) is 25.2 Å². The smallest absolute Gasteiger partial charge is 0.388 e. The molecule has 0 radical (unpaired) electrons. The molecule has 0 aliphatic carbocycles. The SMILES string of the molecule is C[Si](O)(/C=C/c1ccccc1)CCC(F)(F)F. The molecule has 0 spiro atoms. The highest BCUT2D eigenvalue weighted by Gasteiger charge is 2.32. The molecule has 1 unspecified atom stereocenters. The zero-order valence-electron chi connectivity index (χ0n) is 9.54. The average Bonchev–Trinajstić information content (AvgIpc) is 2.25. The van der Waals surface area contributed by atoms with Crippen molar-refractivity contribution in [3.8, 4) is 0 Å². The van der Waals surface area contributed by atoms with Gasteiger partial charge in [-0.05, 0) is 18.2 Å². The fourth-order valence-corrected chi connectivity index (χ4v) is 2.83. The number of halogens is 3. The Morgan fingerprint density at radius 1 is 1.24 bits per heavy atom. The van der Waals surface area contributed by atoms with Gasteiger partial charge in [0.05, 0.1) is 0 Å². The van der Waals surface area contributed by atoms with Crippen molar-refractivity contribution in [3.63, 3.8) is 0 Å². The zero-order valence-corrected chi connectivity index (χ0v) is 10.5. The molecule has 1 atom stereocenters. The minimum atomic E-state index is -4.20. The van der Waals surface area contributed by atoms with Crippen molar-refractivity contribution >= 4 is 14.4 Å². The zero-order chi connectivity index (χ0) is 12.9. The summed E-state index contributed by atoms with van der Waals surface area (Å²) < 4.78 is 36.1. The average molecular weight is 260 g/mol. The molecular formula is C12H15F3OSi. The van der Waals surface area contributed by atoms with Crippen LogP contribution in [0.4, 0.5) is 13.2 Å². The summed E-state index contributed by atoms with van der Waals surface area (Å²) in [5.74, 6) is 0. The number of rotatable bonds is 4. The molecule has 1 nitrogen and oxygen atoms in total. The Morgan fingerprint density at radius 3 is 2.35 bits per heavy atom. The van der Waals surface area contributed by atoms with Crippen LogP contribution in [0.1, 0.15) is 12.0 Å². The normalized spacial score (nSPS) is 16.1. The Morgan fingerprint density at radius 2 is 1.82 bits per heavy atom. The first-order valence-electron chi connectivity index (χ1n) is 5.32. The van der Waals surface area contributed by atoms with Crippen LogP contribution in [-0.4, -0.2) is 19.3 Å². The molecule has 0 bridgehead atoms. The van der Waals surface area contributed by atoms with E-state index in [4.69, 9.17) is 0 Å². The molecule has 0 saturated carbocycles. The molecule has 1 rings (SSSR count). The Hall–Kier alpha value is -1.07. The van der Waals surface area contributed by atoms with E-state index in [1.54, 1.807) is 6.08 Å². The molecule has 1 aromatic rings. The Labute approximate surface area is 99.7 Å². The molecule has 0 aliphatic heterocycles. The van der Waals surface area contributed by atoms with E-state index >= 15 is 0 Å². The Balaban J connectivity index is 2.57. The monoisotopic (exact) mass is 260 g/mol. The van der Waals surface area contributed by atoms with E-state index in [0.29, 0.717) is 0 Å². The minimum Gasteiger partial charge on any atom is -0.428 e. The quantitative estimate of drug-likeness (QED) is 0.817. The lowest BCUT2D eigenvalue weighted by atomic mass is 10.2. The maximum atomic E-state index is 12.0. The van der Waals surface area contributed by atoms with Crippen LogP contribution in [-0.2, 0) is 0 Å². The summed E-state index contributed by atoms with van der Waals surface area (Å²) in [5.41, 5.74) is 2.42. The third-order valence-corrected chi connectivity index (χ3v) is 4.50. The van der Waals surface area contributed by atoms with Gasteiger partial charge in [-0.1, -0.05) is 42.1 Å². The highest BCUT2D eigenvalue weighted by Crippen LogP contribution is 2.25. The van der Waals surface area contributed by atoms with Crippen LogP contribution in [0.2, 0.25) is 12.6 Å². The van der Waals surface area contributed by atoms with E-state index < -0.39 is 20.9 Å². The molecule has 0 fully saturated rings. The van der Waals surface area contributed by atoms with Crippen molar-refractivity contribution < 1.29 is 18.0 Å². The fourth-order valence-electron chi connectivity index (χ4n) is 1.32. The van der Waals surface area contributed by atoms with E-state index in [1.165, 1.54) is 12.2 Å². The highest BCUT2D eigenvalue weighted by molar-refractivity contribution is 6.76. The number of hydrogen-bond donors (Lipinski definition) is 1. The summed E-state index contributed by atoms with van der Waals surface area (Å²) in [6, 6.07) is 9.02. The van der Waals surface area contributed by atoms with Crippen LogP contribution in [0.25, 0.3) is 6.08 Å². The van der Waals surface area contributed by atoms with E-state index in [2.05, 4.69) is 0 Å². The molecule has 0 aromatic heterocycles. The molecule has 0 saturated heterocycles. The first-order valence-corrected chi connectivity index (χ1v) is 8.05. The van der Waals surface area contributed by atoms with Crippen LogP contribution in [0, 0.1) is 0 Å². The second kappa shape index (κ2) is 5.51. The van der Waals surface area contributed by atoms with Crippen LogP contribution >= 0.6 is 0 Å². The van der Waals surface area contributed by atoms with Gasteiger partial charge in [-0.25, -0.2) is 0 Å². The van der Waals surface area contributed by atoms with Gasteiger partial charge in [-0.2, -0.15) is 13.2 Å². The predicted octanol–water partition coefficient (Wildman–Crippen LogP) is 3.76. The maximum Gasteiger partial charge on any atom is 0.388 e. The summed E-state index contributed by atoms with van der Waals surface area (Å²) >= 11 is 0. The van der Waals surface area contributed by atoms with E-state index in [-0.39, 0.29) is 6.04 Å². The summed E-state index contributed by atoms with van der Waals surface area (Å²) in [5, 5.41) is 0. The summed E-state index contributed by atoms with van der Waals surface area (Å²) in [7, 11) is -2.90. The van der Waals surface area contributed by atoms with Crippen molar-refractivity contribution in [1.29, 1.82) is 0 Å². The van der Waals surface area contributed by atoms with Gasteiger partial charge in [0.15, 0.2) is 0 Å². The molecule has 94 valence electrons. The lowest BCUT2D eigenvalue weighted by Gasteiger charge is -2.16. The van der Waals surface area contributed by atoms with Crippen LogP contribution in [0.15, 0.2) is 36.0 Å². The fraction of sp³-hybridized carbons (Fsp3) is 0.333. The largest absolute Gasteiger partial charge is 0.428 e. The van der Waals surface area contributed by atoms with Crippen molar-refractivity contribution in [3.05, 3.63) is 41.6 Å². The molecule has 0 aliphatic rings. The van der Waals surface area contributed by atoms with Gasteiger partial charge >= 0.3 is 6.18 Å². The van der Waals surface area contributed by atoms with Crippen molar-refractivity contribution in [2.75, 3.05) is 0 Å². The van der Waals surface area contributed by atoms with E-state index in [0.717, 1.165) is 5.56 Å². The molecule has 1 N–H and O–H groups in total. The van der Waals surface area contributed by atoms with Crippen LogP contribution in [0.5, 0.6) is 0 Å². The number of alkyl halides is 3. The second-order valence-corrected chi connectivity index (χ2v) is 7.76. The first-order chi connectivity index (χ1) is 7.79. The van der Waals surface area contributed by atoms with Gasteiger partial charge in [0.25, 0.3) is 0 Å². The third kappa shape index (κ3) is 6.28. The highest BCUT2D eigenvalue weighted by atomic mass is 28.4. The molecule has 0 heterocycles. The summed E-state index contributed by atoms with van der Waals surface area (Å²) in [6.07, 6.45) is -3.44. The maximum absolute atomic E-state index is 12.0. The van der Waals surface area contributed by atoms with Gasteiger partial charge in [0.1, 0.15) is 0 Å². The van der Waals surface area contributed by atoms with Gasteiger partial charge in [0, 0.05) is 6.42 Å². The third-order valence-electron chi connectivity index (χ3n) is 2.35. The summed E-state index contributed by atoms with van der Waals surface area (Å²) in [4.78, 5) is 9.89. The number of hydrogen-bond acceptors (Lipinski definition) is 1. The standard InChI is InChI=1S/C12H15F3OSi/c1-17(16,10-8-12(13,14)15)9-7-11-5-3-2-4-6-11/h2-7,9,16H,8,10H2,1H3/b9-7+. The van der Waals surface area contributed by atoms with E-state index in [1.807, 2.05) is 30.3 Å². The lowest BCUT2D eigenvalue weighted by Crippen LogP contribution is -2.29. The van der Waals surface area contributed by atoms with Crippen LogP contribution in [0.3, 0.4) is 0 Å². The molecule has 5 heteroatoms. The molecule has 0 amide bonds. The van der Waals surface area contributed by atoms with E-state index in [9.17, 15) is 18.0 Å². The van der Waals surface area contributed by atoms with Gasteiger partial charge in [0.2, 0.25) is 8.32 Å². The van der Waals surface area contributed by atoms with Gasteiger partial charge < -0.3 is 4.80 Å². The van der Waals surface area contributed by atoms with Crippen LogP contribution < -0.4 is 0 Å². The first kappa shape index (κ1) is 14.0. The Kier molecular flexibility index (Phi) is 4.53. The molecular weight excluding hydrogens is 245 g/mol. The lowest BCUT2D eigenvalue weighted by molar-refractivity contribution is -0.131. The molecule has 17 heavy (non-hydrogen) atoms. The minimum absolute atomic E-state index is 0.195. The Bertz CT molecular complexity index is 371. The summed E-state index contributed by atoms with van der Waals surface area (Å²) in [6.45, 7) is 1.51. The topological polar surface area (TPSA) is 20.2 Å². The number of benzene rings is 1. The van der Waals surface area contributed by atoms with Gasteiger partial charge in [-0.3, -0.25) is 0 Å². The van der Waals surface area contributed by atoms with Crippen molar-refractivity contribution in [1.82, 2.24) is 0 Å².